The fraction of sp³-hybridized carbons (Fsp3) is 0.562. The maximum atomic E-state index is 12.5. The Balaban J connectivity index is 1.72. The smallest absolute Gasteiger partial charge is 0.229 e. The van der Waals surface area contributed by atoms with E-state index >= 15 is 0 Å². The van der Waals surface area contributed by atoms with Crippen LogP contribution in [0.25, 0.3) is 0 Å². The van der Waals surface area contributed by atoms with Gasteiger partial charge in [-0.3, -0.25) is 4.79 Å². The number of rotatable bonds is 2. The Bertz CT molecular complexity index is 489. The molecular formula is C16H22N2O2. The summed E-state index contributed by atoms with van der Waals surface area (Å²) in [6, 6.07) is 8.02. The third-order valence-corrected chi connectivity index (χ3v) is 4.47. The zero-order valence-electron chi connectivity index (χ0n) is 11.6. The van der Waals surface area contributed by atoms with Crippen LogP contribution in [0.2, 0.25) is 0 Å². The molecule has 1 aliphatic heterocycles. The van der Waals surface area contributed by atoms with Crippen molar-refractivity contribution in [3.63, 3.8) is 0 Å². The van der Waals surface area contributed by atoms with Crippen molar-refractivity contribution < 1.29 is 9.90 Å². The summed E-state index contributed by atoms with van der Waals surface area (Å²) in [5, 5.41) is 16.3. The molecule has 4 nitrogen and oxygen atoms in total. The topological polar surface area (TPSA) is 61.4 Å². The second-order valence-corrected chi connectivity index (χ2v) is 5.85. The molecule has 0 radical (unpaired) electrons. The average molecular weight is 274 g/mol. The van der Waals surface area contributed by atoms with Crippen molar-refractivity contribution in [3.05, 3.63) is 35.4 Å². The summed E-state index contributed by atoms with van der Waals surface area (Å²) in [7, 11) is 0. The van der Waals surface area contributed by atoms with Crippen molar-refractivity contribution in [2.24, 2.45) is 0 Å². The third kappa shape index (κ3) is 2.72. The lowest BCUT2D eigenvalue weighted by Crippen LogP contribution is -2.48. The monoisotopic (exact) mass is 274 g/mol. The van der Waals surface area contributed by atoms with Gasteiger partial charge in [-0.15, -0.1) is 0 Å². The standard InChI is InChI=1S/C16H22N2O2/c19-15-8-4-3-7-14(15)18-16(20)13-10-17-9-11-5-1-2-6-12(11)13/h1-2,5-6,13-15,17,19H,3-4,7-10H2,(H,18,20). The minimum Gasteiger partial charge on any atom is -0.391 e. The molecule has 0 bridgehead atoms. The van der Waals surface area contributed by atoms with Gasteiger partial charge in [-0.2, -0.15) is 0 Å². The van der Waals surface area contributed by atoms with Crippen LogP contribution in [0.5, 0.6) is 0 Å². The lowest BCUT2D eigenvalue weighted by molar-refractivity contribution is -0.124. The van der Waals surface area contributed by atoms with E-state index in [1.54, 1.807) is 0 Å². The van der Waals surface area contributed by atoms with Gasteiger partial charge in [0.1, 0.15) is 0 Å². The largest absolute Gasteiger partial charge is 0.391 e. The van der Waals surface area contributed by atoms with E-state index in [2.05, 4.69) is 16.7 Å². The molecule has 1 saturated carbocycles. The summed E-state index contributed by atoms with van der Waals surface area (Å²) in [6.45, 7) is 1.50. The number of hydrogen-bond acceptors (Lipinski definition) is 3. The van der Waals surface area contributed by atoms with Crippen LogP contribution in [0, 0.1) is 0 Å². The number of fused-ring (bicyclic) bond motifs is 1. The fourth-order valence-electron chi connectivity index (χ4n) is 3.29. The molecule has 3 unspecified atom stereocenters. The highest BCUT2D eigenvalue weighted by atomic mass is 16.3. The van der Waals surface area contributed by atoms with E-state index in [1.165, 1.54) is 5.56 Å². The second-order valence-electron chi connectivity index (χ2n) is 5.85. The van der Waals surface area contributed by atoms with Gasteiger partial charge in [-0.25, -0.2) is 0 Å². The van der Waals surface area contributed by atoms with Gasteiger partial charge in [0, 0.05) is 13.1 Å². The number of hydrogen-bond donors (Lipinski definition) is 3. The Morgan fingerprint density at radius 1 is 1.25 bits per heavy atom. The predicted molar refractivity (Wildman–Crippen MR) is 77.3 cm³/mol. The van der Waals surface area contributed by atoms with E-state index in [0.717, 1.165) is 37.8 Å². The number of nitrogens with one attached hydrogen (secondary N) is 2. The molecule has 108 valence electrons. The minimum absolute atomic E-state index is 0.0376. The first kappa shape index (κ1) is 13.6. The molecule has 1 heterocycles. The number of carbonyl (C=O) groups excluding carboxylic acids is 1. The molecule has 3 rings (SSSR count). The predicted octanol–water partition coefficient (Wildman–Crippen LogP) is 1.29. The van der Waals surface area contributed by atoms with E-state index in [4.69, 9.17) is 0 Å². The van der Waals surface area contributed by atoms with Crippen molar-refractivity contribution in [2.45, 2.75) is 50.3 Å². The van der Waals surface area contributed by atoms with Gasteiger partial charge in [0.2, 0.25) is 5.91 Å². The summed E-state index contributed by atoms with van der Waals surface area (Å²) in [4.78, 5) is 12.5. The highest BCUT2D eigenvalue weighted by Gasteiger charge is 2.30. The zero-order chi connectivity index (χ0) is 13.9. The van der Waals surface area contributed by atoms with Crippen molar-refractivity contribution in [3.8, 4) is 0 Å². The Kier molecular flexibility index (Phi) is 4.03. The highest BCUT2D eigenvalue weighted by molar-refractivity contribution is 5.85. The summed E-state index contributed by atoms with van der Waals surface area (Å²) >= 11 is 0. The average Bonchev–Trinajstić information content (AvgIpc) is 2.49. The van der Waals surface area contributed by atoms with E-state index in [0.29, 0.717) is 6.54 Å². The molecule has 1 aromatic carbocycles. The van der Waals surface area contributed by atoms with Crippen LogP contribution in [0.1, 0.15) is 42.7 Å². The van der Waals surface area contributed by atoms with Gasteiger partial charge in [0.05, 0.1) is 18.1 Å². The van der Waals surface area contributed by atoms with Gasteiger partial charge in [-0.05, 0) is 24.0 Å². The Hall–Kier alpha value is -1.39. The van der Waals surface area contributed by atoms with Gasteiger partial charge in [0.25, 0.3) is 0 Å². The SMILES string of the molecule is O=C(NC1CCCCC1O)C1CNCc2ccccc21. The molecule has 20 heavy (non-hydrogen) atoms. The van der Waals surface area contributed by atoms with E-state index < -0.39 is 0 Å². The summed E-state index contributed by atoms with van der Waals surface area (Å²) in [5.41, 5.74) is 2.32. The molecular weight excluding hydrogens is 252 g/mol. The highest BCUT2D eigenvalue weighted by Crippen LogP contribution is 2.25. The summed E-state index contributed by atoms with van der Waals surface area (Å²) in [6.07, 6.45) is 3.43. The van der Waals surface area contributed by atoms with Gasteiger partial charge in [0.15, 0.2) is 0 Å². The van der Waals surface area contributed by atoms with E-state index in [-0.39, 0.29) is 24.0 Å². The van der Waals surface area contributed by atoms with Crippen LogP contribution in [-0.4, -0.2) is 29.7 Å². The third-order valence-electron chi connectivity index (χ3n) is 4.47. The maximum Gasteiger partial charge on any atom is 0.229 e. The molecule has 1 aliphatic carbocycles. The normalized spacial score (nSPS) is 29.6. The Morgan fingerprint density at radius 3 is 2.90 bits per heavy atom. The lowest BCUT2D eigenvalue weighted by Gasteiger charge is -2.31. The summed E-state index contributed by atoms with van der Waals surface area (Å²) < 4.78 is 0. The number of benzene rings is 1. The van der Waals surface area contributed by atoms with Crippen molar-refractivity contribution in [2.75, 3.05) is 6.54 Å². The maximum absolute atomic E-state index is 12.5. The Labute approximate surface area is 119 Å². The van der Waals surface area contributed by atoms with E-state index in [9.17, 15) is 9.90 Å². The molecule has 2 aliphatic rings. The van der Waals surface area contributed by atoms with Crippen LogP contribution in [0.4, 0.5) is 0 Å². The van der Waals surface area contributed by atoms with E-state index in [1.807, 2.05) is 18.2 Å². The molecule has 0 spiro atoms. The van der Waals surface area contributed by atoms with Crippen molar-refractivity contribution in [1.82, 2.24) is 10.6 Å². The van der Waals surface area contributed by atoms with Gasteiger partial charge in [-0.1, -0.05) is 37.1 Å². The lowest BCUT2D eigenvalue weighted by atomic mass is 9.88. The fourth-order valence-corrected chi connectivity index (χ4v) is 3.29. The molecule has 1 fully saturated rings. The number of aliphatic hydroxyl groups is 1. The number of amides is 1. The first-order chi connectivity index (χ1) is 9.75. The van der Waals surface area contributed by atoms with Crippen LogP contribution < -0.4 is 10.6 Å². The molecule has 0 aromatic heterocycles. The molecule has 4 heteroatoms. The van der Waals surface area contributed by atoms with Gasteiger partial charge >= 0.3 is 0 Å². The van der Waals surface area contributed by atoms with Crippen LogP contribution in [-0.2, 0) is 11.3 Å². The molecule has 3 atom stereocenters. The molecule has 3 N–H and O–H groups in total. The first-order valence-electron chi connectivity index (χ1n) is 7.52. The first-order valence-corrected chi connectivity index (χ1v) is 7.52. The Morgan fingerprint density at radius 2 is 2.05 bits per heavy atom. The van der Waals surface area contributed by atoms with Crippen LogP contribution >= 0.6 is 0 Å². The number of aliphatic hydroxyl groups excluding tert-OH is 1. The van der Waals surface area contributed by atoms with Crippen LogP contribution in [0.3, 0.4) is 0 Å². The van der Waals surface area contributed by atoms with Gasteiger partial charge < -0.3 is 15.7 Å². The quantitative estimate of drug-likeness (QED) is 0.761. The molecule has 1 amide bonds. The minimum atomic E-state index is -0.389. The summed E-state index contributed by atoms with van der Waals surface area (Å²) in [5.74, 6) is -0.107. The molecule has 0 saturated heterocycles. The van der Waals surface area contributed by atoms with Crippen molar-refractivity contribution in [1.29, 1.82) is 0 Å². The molecule has 1 aromatic rings. The van der Waals surface area contributed by atoms with Crippen molar-refractivity contribution >= 4 is 5.91 Å². The van der Waals surface area contributed by atoms with Crippen LogP contribution in [0.15, 0.2) is 24.3 Å². The second kappa shape index (κ2) is 5.94. The zero-order valence-corrected chi connectivity index (χ0v) is 11.6. The number of carbonyl (C=O) groups is 1.